The summed E-state index contributed by atoms with van der Waals surface area (Å²) in [5, 5.41) is 3.57. The minimum atomic E-state index is -0.496. The van der Waals surface area contributed by atoms with Crippen molar-refractivity contribution in [3.05, 3.63) is 58.6 Å². The lowest BCUT2D eigenvalue weighted by Gasteiger charge is -2.11. The van der Waals surface area contributed by atoms with Crippen molar-refractivity contribution in [3.8, 4) is 5.75 Å². The van der Waals surface area contributed by atoms with E-state index in [1.807, 2.05) is 36.4 Å². The molecule has 2 aromatic carbocycles. The second-order valence-corrected chi connectivity index (χ2v) is 5.94. The molecule has 0 bridgehead atoms. The van der Waals surface area contributed by atoms with Crippen molar-refractivity contribution in [2.24, 2.45) is 0 Å². The molecule has 0 saturated carbocycles. The average Bonchev–Trinajstić information content (AvgIpc) is 2.92. The van der Waals surface area contributed by atoms with E-state index in [2.05, 4.69) is 12.2 Å². The van der Waals surface area contributed by atoms with Crippen LogP contribution < -0.4 is 10.1 Å². The Hall–Kier alpha value is -2.00. The molecule has 2 aromatic rings. The molecular weight excluding hydrogens is 298 g/mol. The number of hydrogen-bond donors (Lipinski definition) is 1. The summed E-state index contributed by atoms with van der Waals surface area (Å²) in [6.45, 7) is 2.15. The summed E-state index contributed by atoms with van der Waals surface area (Å²) in [6, 6.07) is 13.4. The number of hydrogen-bond acceptors (Lipinski definition) is 2. The highest BCUT2D eigenvalue weighted by atomic mass is 35.5. The topological polar surface area (TPSA) is 38.3 Å². The van der Waals surface area contributed by atoms with Gasteiger partial charge in [0.05, 0.1) is 0 Å². The van der Waals surface area contributed by atoms with Crippen LogP contribution in [-0.4, -0.2) is 12.0 Å². The van der Waals surface area contributed by atoms with Crippen LogP contribution in [0.5, 0.6) is 5.75 Å². The van der Waals surface area contributed by atoms with Crippen LogP contribution in [0.4, 0.5) is 5.69 Å². The predicted octanol–water partition coefficient (Wildman–Crippen LogP) is 4.23. The normalized spacial score (nSPS) is 16.0. The molecule has 22 heavy (non-hydrogen) atoms. The van der Waals surface area contributed by atoms with Crippen LogP contribution in [0, 0.1) is 0 Å². The van der Waals surface area contributed by atoms with Crippen molar-refractivity contribution in [2.45, 2.75) is 32.3 Å². The summed E-state index contributed by atoms with van der Waals surface area (Å²) >= 11 is 5.96. The first-order valence-electron chi connectivity index (χ1n) is 7.50. The summed E-state index contributed by atoms with van der Waals surface area (Å²) in [6.07, 6.45) is 2.22. The fourth-order valence-electron chi connectivity index (χ4n) is 2.63. The Labute approximate surface area is 135 Å². The van der Waals surface area contributed by atoms with Gasteiger partial charge in [-0.05, 0) is 47.9 Å². The molecule has 114 valence electrons. The molecule has 0 radical (unpaired) electrons. The smallest absolute Gasteiger partial charge is 0.265 e. The largest absolute Gasteiger partial charge is 0.480 e. The Morgan fingerprint density at radius 1 is 1.27 bits per heavy atom. The number of benzene rings is 2. The van der Waals surface area contributed by atoms with E-state index < -0.39 is 6.10 Å². The maximum absolute atomic E-state index is 12.3. The standard InChI is InChI=1S/C18H18ClNO2/c1-2-3-12-4-7-15(8-5-12)20-18(21)17-11-13-10-14(19)6-9-16(13)22-17/h4-10,17H,2-3,11H2,1H3,(H,20,21). The molecule has 1 atom stereocenters. The number of halogens is 1. The molecule has 4 heteroatoms. The molecule has 1 aliphatic rings. The Morgan fingerprint density at radius 2 is 2.05 bits per heavy atom. The zero-order valence-electron chi connectivity index (χ0n) is 12.4. The van der Waals surface area contributed by atoms with Gasteiger partial charge in [0.2, 0.25) is 0 Å². The van der Waals surface area contributed by atoms with Gasteiger partial charge in [0, 0.05) is 17.1 Å². The van der Waals surface area contributed by atoms with Gasteiger partial charge in [-0.15, -0.1) is 0 Å². The zero-order chi connectivity index (χ0) is 15.5. The van der Waals surface area contributed by atoms with Gasteiger partial charge in [0.15, 0.2) is 6.10 Å². The third kappa shape index (κ3) is 3.25. The van der Waals surface area contributed by atoms with Gasteiger partial charge in [0.1, 0.15) is 5.75 Å². The second kappa shape index (κ2) is 6.41. The summed E-state index contributed by atoms with van der Waals surface area (Å²) in [4.78, 5) is 12.3. The molecule has 1 N–H and O–H groups in total. The van der Waals surface area contributed by atoms with Crippen LogP contribution >= 0.6 is 11.6 Å². The van der Waals surface area contributed by atoms with Crippen LogP contribution in [0.15, 0.2) is 42.5 Å². The molecule has 0 fully saturated rings. The number of ether oxygens (including phenoxy) is 1. The lowest BCUT2D eigenvalue weighted by atomic mass is 10.1. The van der Waals surface area contributed by atoms with E-state index in [1.165, 1.54) is 5.56 Å². The summed E-state index contributed by atoms with van der Waals surface area (Å²) in [7, 11) is 0. The van der Waals surface area contributed by atoms with Gasteiger partial charge in [-0.2, -0.15) is 0 Å². The Morgan fingerprint density at radius 3 is 2.77 bits per heavy atom. The maximum Gasteiger partial charge on any atom is 0.265 e. The van der Waals surface area contributed by atoms with E-state index in [9.17, 15) is 4.79 Å². The molecule has 0 spiro atoms. The molecule has 1 aliphatic heterocycles. The van der Waals surface area contributed by atoms with E-state index in [-0.39, 0.29) is 5.91 Å². The van der Waals surface area contributed by atoms with Crippen molar-refractivity contribution >= 4 is 23.2 Å². The third-order valence-electron chi connectivity index (χ3n) is 3.75. The number of anilines is 1. The highest BCUT2D eigenvalue weighted by Crippen LogP contribution is 2.31. The van der Waals surface area contributed by atoms with Crippen molar-refractivity contribution in [2.75, 3.05) is 5.32 Å². The highest BCUT2D eigenvalue weighted by molar-refractivity contribution is 6.30. The van der Waals surface area contributed by atoms with E-state index in [1.54, 1.807) is 6.07 Å². The average molecular weight is 316 g/mol. The number of carbonyl (C=O) groups excluding carboxylic acids is 1. The number of nitrogens with one attached hydrogen (secondary N) is 1. The van der Waals surface area contributed by atoms with Gasteiger partial charge in [0.25, 0.3) is 5.91 Å². The van der Waals surface area contributed by atoms with Gasteiger partial charge < -0.3 is 10.1 Å². The number of aryl methyl sites for hydroxylation is 1. The summed E-state index contributed by atoms with van der Waals surface area (Å²) < 4.78 is 5.69. The molecule has 3 rings (SSSR count). The third-order valence-corrected chi connectivity index (χ3v) is 3.98. The van der Waals surface area contributed by atoms with Crippen molar-refractivity contribution in [1.82, 2.24) is 0 Å². The Balaban J connectivity index is 1.63. The van der Waals surface area contributed by atoms with Gasteiger partial charge >= 0.3 is 0 Å². The molecule has 1 unspecified atom stereocenters. The minimum Gasteiger partial charge on any atom is -0.480 e. The highest BCUT2D eigenvalue weighted by Gasteiger charge is 2.29. The monoisotopic (exact) mass is 315 g/mol. The number of fused-ring (bicyclic) bond motifs is 1. The van der Waals surface area contributed by atoms with Gasteiger partial charge in [-0.25, -0.2) is 0 Å². The fraction of sp³-hybridized carbons (Fsp3) is 0.278. The van der Waals surface area contributed by atoms with Crippen molar-refractivity contribution < 1.29 is 9.53 Å². The molecular formula is C18H18ClNO2. The second-order valence-electron chi connectivity index (χ2n) is 5.50. The summed E-state index contributed by atoms with van der Waals surface area (Å²) in [5.41, 5.74) is 3.05. The molecule has 0 aliphatic carbocycles. The predicted molar refractivity (Wildman–Crippen MR) is 88.6 cm³/mol. The molecule has 1 amide bonds. The first kappa shape index (κ1) is 14.9. The maximum atomic E-state index is 12.3. The van der Waals surface area contributed by atoms with Crippen LogP contribution in [0.1, 0.15) is 24.5 Å². The SMILES string of the molecule is CCCc1ccc(NC(=O)C2Cc3cc(Cl)ccc3O2)cc1. The fourth-order valence-corrected chi connectivity index (χ4v) is 2.82. The van der Waals surface area contributed by atoms with E-state index in [0.717, 1.165) is 29.8 Å². The van der Waals surface area contributed by atoms with Crippen LogP contribution in [-0.2, 0) is 17.6 Å². The summed E-state index contributed by atoms with van der Waals surface area (Å²) in [5.74, 6) is 0.610. The zero-order valence-corrected chi connectivity index (χ0v) is 13.2. The lowest BCUT2D eigenvalue weighted by molar-refractivity contribution is -0.122. The van der Waals surface area contributed by atoms with Crippen molar-refractivity contribution in [1.29, 1.82) is 0 Å². The van der Waals surface area contributed by atoms with E-state index >= 15 is 0 Å². The van der Waals surface area contributed by atoms with E-state index in [4.69, 9.17) is 16.3 Å². The number of carbonyl (C=O) groups is 1. The van der Waals surface area contributed by atoms with Crippen LogP contribution in [0.3, 0.4) is 0 Å². The number of rotatable bonds is 4. The first-order chi connectivity index (χ1) is 10.7. The Kier molecular flexibility index (Phi) is 4.34. The van der Waals surface area contributed by atoms with E-state index in [0.29, 0.717) is 11.4 Å². The molecule has 3 nitrogen and oxygen atoms in total. The molecule has 0 aromatic heterocycles. The van der Waals surface area contributed by atoms with Crippen LogP contribution in [0.2, 0.25) is 5.02 Å². The first-order valence-corrected chi connectivity index (χ1v) is 7.88. The molecule has 0 saturated heterocycles. The lowest BCUT2D eigenvalue weighted by Crippen LogP contribution is -2.31. The van der Waals surface area contributed by atoms with Crippen LogP contribution in [0.25, 0.3) is 0 Å². The quantitative estimate of drug-likeness (QED) is 0.916. The van der Waals surface area contributed by atoms with Crippen molar-refractivity contribution in [3.63, 3.8) is 0 Å². The van der Waals surface area contributed by atoms with Gasteiger partial charge in [-0.1, -0.05) is 37.1 Å². The Bertz CT molecular complexity index is 682. The molecule has 1 heterocycles. The minimum absolute atomic E-state index is 0.129. The van der Waals surface area contributed by atoms with Gasteiger partial charge in [-0.3, -0.25) is 4.79 Å². The number of amides is 1.